The average Bonchev–Trinajstić information content (AvgIpc) is 2.00. The molecule has 0 atom stereocenters. The van der Waals surface area contributed by atoms with E-state index < -0.39 is 5.97 Å². The second-order valence-electron chi connectivity index (χ2n) is 3.86. The van der Waals surface area contributed by atoms with Crippen LogP contribution in [0.5, 0.6) is 0 Å². The minimum absolute atomic E-state index is 0.242. The maximum atomic E-state index is 10.3. The van der Waals surface area contributed by atoms with Gasteiger partial charge in [-0.2, -0.15) is 11.8 Å². The molecule has 0 radical (unpaired) electrons. The molecule has 0 bridgehead atoms. The lowest BCUT2D eigenvalue weighted by molar-refractivity contribution is -0.136. The third-order valence-corrected chi connectivity index (χ3v) is 3.33. The molecule has 0 amide bonds. The van der Waals surface area contributed by atoms with E-state index in [1.165, 1.54) is 19.3 Å². The van der Waals surface area contributed by atoms with Crippen molar-refractivity contribution in [3.05, 3.63) is 0 Å². The molecule has 0 fully saturated rings. The van der Waals surface area contributed by atoms with Gasteiger partial charge in [-0.25, -0.2) is 0 Å². The summed E-state index contributed by atoms with van der Waals surface area (Å²) in [6, 6.07) is 0. The molecule has 0 heterocycles. The molecule has 13 heavy (non-hydrogen) atoms. The third kappa shape index (κ3) is 8.16. The molecule has 0 aromatic rings. The number of thioether (sulfide) groups is 1. The van der Waals surface area contributed by atoms with Crippen LogP contribution < -0.4 is 0 Å². The maximum absolute atomic E-state index is 10.3. The first-order valence-electron chi connectivity index (χ1n) is 4.83. The first kappa shape index (κ1) is 12.8. The van der Waals surface area contributed by atoms with Crippen LogP contribution in [0.2, 0.25) is 0 Å². The normalized spacial score (nSPS) is 11.6. The molecular weight excluding hydrogens is 184 g/mol. The SMILES string of the molecule is CCCCC(C)(C)SCCC(=O)O. The van der Waals surface area contributed by atoms with Crippen LogP contribution >= 0.6 is 11.8 Å². The first-order chi connectivity index (χ1) is 5.98. The summed E-state index contributed by atoms with van der Waals surface area (Å²) in [6.07, 6.45) is 3.89. The zero-order chi connectivity index (χ0) is 10.3. The van der Waals surface area contributed by atoms with Crippen molar-refractivity contribution in [2.75, 3.05) is 5.75 Å². The van der Waals surface area contributed by atoms with Crippen molar-refractivity contribution in [3.8, 4) is 0 Å². The van der Waals surface area contributed by atoms with E-state index in [1.807, 2.05) is 0 Å². The van der Waals surface area contributed by atoms with Gasteiger partial charge in [-0.05, 0) is 6.42 Å². The number of aliphatic carboxylic acids is 1. The molecule has 0 aliphatic carbocycles. The fourth-order valence-corrected chi connectivity index (χ4v) is 2.21. The molecule has 0 aliphatic heterocycles. The lowest BCUT2D eigenvalue weighted by Gasteiger charge is -2.23. The lowest BCUT2D eigenvalue weighted by atomic mass is 10.1. The number of carboxylic acids is 1. The summed E-state index contributed by atoms with van der Waals surface area (Å²) < 4.78 is 0.242. The van der Waals surface area contributed by atoms with Crippen LogP contribution in [0.4, 0.5) is 0 Å². The second-order valence-corrected chi connectivity index (χ2v) is 5.66. The summed E-state index contributed by atoms with van der Waals surface area (Å²) in [6.45, 7) is 6.56. The summed E-state index contributed by atoms with van der Waals surface area (Å²) in [4.78, 5) is 10.3. The van der Waals surface area contributed by atoms with Crippen molar-refractivity contribution >= 4 is 17.7 Å². The fourth-order valence-electron chi connectivity index (χ4n) is 1.09. The van der Waals surface area contributed by atoms with E-state index in [4.69, 9.17) is 5.11 Å². The van der Waals surface area contributed by atoms with Gasteiger partial charge in [0, 0.05) is 10.5 Å². The molecule has 0 aromatic heterocycles. The Morgan fingerprint density at radius 2 is 2.08 bits per heavy atom. The van der Waals surface area contributed by atoms with E-state index in [0.717, 1.165) is 5.75 Å². The Morgan fingerprint density at radius 1 is 1.46 bits per heavy atom. The Hall–Kier alpha value is -0.180. The Balaban J connectivity index is 3.56. The fraction of sp³-hybridized carbons (Fsp3) is 0.900. The highest BCUT2D eigenvalue weighted by atomic mass is 32.2. The van der Waals surface area contributed by atoms with Crippen molar-refractivity contribution in [2.45, 2.75) is 51.2 Å². The number of carboxylic acid groups (broad SMARTS) is 1. The van der Waals surface area contributed by atoms with Crippen LogP contribution in [0.15, 0.2) is 0 Å². The van der Waals surface area contributed by atoms with Crippen molar-refractivity contribution in [1.29, 1.82) is 0 Å². The van der Waals surface area contributed by atoms with E-state index in [2.05, 4.69) is 20.8 Å². The average molecular weight is 204 g/mol. The molecule has 0 aliphatic rings. The van der Waals surface area contributed by atoms with Crippen molar-refractivity contribution < 1.29 is 9.90 Å². The van der Waals surface area contributed by atoms with Gasteiger partial charge in [-0.3, -0.25) is 4.79 Å². The molecule has 0 saturated carbocycles. The summed E-state index contributed by atoms with van der Waals surface area (Å²) >= 11 is 1.77. The number of rotatable bonds is 7. The third-order valence-electron chi connectivity index (χ3n) is 1.94. The lowest BCUT2D eigenvalue weighted by Crippen LogP contribution is -2.15. The molecule has 1 N–H and O–H groups in total. The predicted octanol–water partition coefficient (Wildman–Crippen LogP) is 3.16. The van der Waals surface area contributed by atoms with Gasteiger partial charge >= 0.3 is 5.97 Å². The Bertz CT molecular complexity index is 155. The van der Waals surface area contributed by atoms with Crippen molar-refractivity contribution in [1.82, 2.24) is 0 Å². The van der Waals surface area contributed by atoms with Gasteiger partial charge in [0.25, 0.3) is 0 Å². The van der Waals surface area contributed by atoms with Gasteiger partial charge in [0.15, 0.2) is 0 Å². The Morgan fingerprint density at radius 3 is 2.54 bits per heavy atom. The van der Waals surface area contributed by atoms with Crippen molar-refractivity contribution in [3.63, 3.8) is 0 Å². The molecule has 3 heteroatoms. The smallest absolute Gasteiger partial charge is 0.304 e. The van der Waals surface area contributed by atoms with Crippen LogP contribution in [0.3, 0.4) is 0 Å². The molecule has 0 rings (SSSR count). The maximum Gasteiger partial charge on any atom is 0.304 e. The van der Waals surface area contributed by atoms with Gasteiger partial charge in [-0.1, -0.05) is 33.6 Å². The summed E-state index contributed by atoms with van der Waals surface area (Å²) in [5, 5.41) is 8.47. The molecule has 0 unspecified atom stereocenters. The minimum atomic E-state index is -0.696. The number of hydrogen-bond acceptors (Lipinski definition) is 2. The highest BCUT2D eigenvalue weighted by Crippen LogP contribution is 2.30. The number of carbonyl (C=O) groups is 1. The van der Waals surface area contributed by atoms with Crippen LogP contribution in [-0.2, 0) is 4.79 Å². The van der Waals surface area contributed by atoms with Crippen LogP contribution in [-0.4, -0.2) is 21.6 Å². The molecule has 0 saturated heterocycles. The Labute approximate surface area is 85.1 Å². The number of hydrogen-bond donors (Lipinski definition) is 1. The largest absolute Gasteiger partial charge is 0.481 e. The summed E-state index contributed by atoms with van der Waals surface area (Å²) in [5.74, 6) is 0.0327. The van der Waals surface area contributed by atoms with Crippen molar-refractivity contribution in [2.24, 2.45) is 0 Å². The molecule has 78 valence electrons. The summed E-state index contributed by atoms with van der Waals surface area (Å²) in [7, 11) is 0. The summed E-state index contributed by atoms with van der Waals surface area (Å²) in [5.41, 5.74) is 0. The standard InChI is InChI=1S/C10H20O2S/c1-4-5-7-10(2,3)13-8-6-9(11)12/h4-8H2,1-3H3,(H,11,12). The van der Waals surface area contributed by atoms with E-state index >= 15 is 0 Å². The monoisotopic (exact) mass is 204 g/mol. The van der Waals surface area contributed by atoms with Gasteiger partial charge in [0.1, 0.15) is 0 Å². The van der Waals surface area contributed by atoms with E-state index in [9.17, 15) is 4.79 Å². The van der Waals surface area contributed by atoms with Gasteiger partial charge in [0.2, 0.25) is 0 Å². The van der Waals surface area contributed by atoms with E-state index in [0.29, 0.717) is 0 Å². The zero-order valence-electron chi connectivity index (χ0n) is 8.80. The highest BCUT2D eigenvalue weighted by molar-refractivity contribution is 8.00. The first-order valence-corrected chi connectivity index (χ1v) is 5.82. The molecule has 2 nitrogen and oxygen atoms in total. The topological polar surface area (TPSA) is 37.3 Å². The van der Waals surface area contributed by atoms with Gasteiger partial charge in [-0.15, -0.1) is 0 Å². The van der Waals surface area contributed by atoms with Crippen LogP contribution in [0.25, 0.3) is 0 Å². The molecular formula is C10H20O2S. The van der Waals surface area contributed by atoms with E-state index in [-0.39, 0.29) is 11.2 Å². The minimum Gasteiger partial charge on any atom is -0.481 e. The highest BCUT2D eigenvalue weighted by Gasteiger charge is 2.17. The predicted molar refractivity (Wildman–Crippen MR) is 58.3 cm³/mol. The quantitative estimate of drug-likeness (QED) is 0.692. The van der Waals surface area contributed by atoms with Crippen LogP contribution in [0, 0.1) is 0 Å². The zero-order valence-corrected chi connectivity index (χ0v) is 9.62. The van der Waals surface area contributed by atoms with Gasteiger partial charge < -0.3 is 5.11 Å². The van der Waals surface area contributed by atoms with Gasteiger partial charge in [0.05, 0.1) is 6.42 Å². The molecule has 0 aromatic carbocycles. The van der Waals surface area contributed by atoms with Crippen LogP contribution in [0.1, 0.15) is 46.5 Å². The van der Waals surface area contributed by atoms with E-state index in [1.54, 1.807) is 11.8 Å². The Kier molecular flexibility index (Phi) is 6.21. The second kappa shape index (κ2) is 6.30. The molecule has 0 spiro atoms. The number of unbranched alkanes of at least 4 members (excludes halogenated alkanes) is 1.